The molecule has 7 nitrogen and oxygen atoms in total. The maximum absolute atomic E-state index is 6.34. The zero-order valence-corrected chi connectivity index (χ0v) is 15.7. The molecule has 0 aliphatic rings. The summed E-state index contributed by atoms with van der Waals surface area (Å²) in [4.78, 5) is 7.68. The lowest BCUT2D eigenvalue weighted by Crippen LogP contribution is -2.28. The van der Waals surface area contributed by atoms with Crippen molar-refractivity contribution in [2.45, 2.75) is 6.42 Å². The molecule has 0 aliphatic heterocycles. The predicted molar refractivity (Wildman–Crippen MR) is 111 cm³/mol. The Morgan fingerprint density at radius 3 is 2.79 bits per heavy atom. The van der Waals surface area contributed by atoms with Crippen molar-refractivity contribution in [3.8, 4) is 11.1 Å². The number of aryl methyl sites for hydroxylation is 1. The molecular formula is C21H23N7. The first-order valence-corrected chi connectivity index (χ1v) is 9.09. The van der Waals surface area contributed by atoms with Crippen LogP contribution in [0.4, 0.5) is 0 Å². The summed E-state index contributed by atoms with van der Waals surface area (Å²) < 4.78 is 1.77. The fourth-order valence-electron chi connectivity index (χ4n) is 3.19. The number of nitrogens with zero attached hydrogens (tertiary/aromatic N) is 4. The zero-order valence-electron chi connectivity index (χ0n) is 15.7. The normalized spacial score (nSPS) is 11.9. The van der Waals surface area contributed by atoms with Crippen LogP contribution in [0.25, 0.3) is 27.9 Å². The number of pyridine rings is 1. The van der Waals surface area contributed by atoms with Crippen molar-refractivity contribution in [2.75, 3.05) is 6.54 Å². The van der Waals surface area contributed by atoms with Gasteiger partial charge in [-0.3, -0.25) is 4.68 Å². The zero-order chi connectivity index (χ0) is 19.5. The summed E-state index contributed by atoms with van der Waals surface area (Å²) in [6, 6.07) is 12.3. The Morgan fingerprint density at radius 1 is 1.21 bits per heavy atom. The van der Waals surface area contributed by atoms with Crippen LogP contribution < -0.4 is 11.6 Å². The molecule has 0 fully saturated rings. The van der Waals surface area contributed by atoms with E-state index in [1.54, 1.807) is 15.9 Å². The Hall–Kier alpha value is -3.58. The van der Waals surface area contributed by atoms with Gasteiger partial charge in [-0.1, -0.05) is 30.3 Å². The number of hydrogen-bond acceptors (Lipinski definition) is 5. The summed E-state index contributed by atoms with van der Waals surface area (Å²) in [7, 11) is 1.89. The number of benzene rings is 1. The largest absolute Gasteiger partial charge is 0.397 e. The van der Waals surface area contributed by atoms with Gasteiger partial charge in [-0.2, -0.15) is 5.10 Å². The fourth-order valence-corrected chi connectivity index (χ4v) is 3.19. The number of hydrogen-bond donors (Lipinski definition) is 3. The van der Waals surface area contributed by atoms with Crippen molar-refractivity contribution < 1.29 is 0 Å². The lowest BCUT2D eigenvalue weighted by molar-refractivity contribution is 0.399. The van der Waals surface area contributed by atoms with E-state index in [-0.39, 0.29) is 0 Å². The molecule has 142 valence electrons. The minimum atomic E-state index is 0.590. The second kappa shape index (κ2) is 7.58. The van der Waals surface area contributed by atoms with E-state index >= 15 is 0 Å². The van der Waals surface area contributed by atoms with Crippen LogP contribution in [-0.4, -0.2) is 31.3 Å². The Morgan fingerprint density at radius 2 is 2.04 bits per heavy atom. The minimum absolute atomic E-state index is 0.590. The van der Waals surface area contributed by atoms with Crippen molar-refractivity contribution >= 4 is 16.7 Å². The van der Waals surface area contributed by atoms with E-state index in [0.29, 0.717) is 12.2 Å². The van der Waals surface area contributed by atoms with Gasteiger partial charge >= 0.3 is 0 Å². The number of rotatable bonds is 6. The lowest BCUT2D eigenvalue weighted by Gasteiger charge is -2.15. The average molecular weight is 373 g/mol. The van der Waals surface area contributed by atoms with Crippen molar-refractivity contribution in [1.82, 2.24) is 24.8 Å². The third-order valence-electron chi connectivity index (χ3n) is 4.69. The molecule has 0 bridgehead atoms. The molecule has 3 heterocycles. The molecule has 0 aliphatic carbocycles. The van der Waals surface area contributed by atoms with Crippen molar-refractivity contribution in [1.29, 1.82) is 0 Å². The molecule has 0 unspecified atom stereocenters. The van der Waals surface area contributed by atoms with E-state index in [1.807, 2.05) is 50.0 Å². The molecule has 0 saturated carbocycles. The summed E-state index contributed by atoms with van der Waals surface area (Å²) in [5.74, 6) is 6.14. The van der Waals surface area contributed by atoms with Crippen LogP contribution in [0.15, 0.2) is 67.4 Å². The van der Waals surface area contributed by atoms with E-state index < -0.39 is 0 Å². The van der Waals surface area contributed by atoms with Crippen LogP contribution in [0, 0.1) is 0 Å². The molecule has 1 aromatic carbocycles. The molecule has 0 radical (unpaired) electrons. The van der Waals surface area contributed by atoms with E-state index in [4.69, 9.17) is 11.6 Å². The van der Waals surface area contributed by atoms with Crippen LogP contribution in [0.5, 0.6) is 0 Å². The quantitative estimate of drug-likeness (QED) is 0.356. The van der Waals surface area contributed by atoms with E-state index in [9.17, 15) is 0 Å². The highest BCUT2D eigenvalue weighted by Gasteiger charge is 2.11. The molecule has 0 atom stereocenters. The van der Waals surface area contributed by atoms with Crippen LogP contribution in [0.2, 0.25) is 0 Å². The van der Waals surface area contributed by atoms with Gasteiger partial charge in [-0.15, -0.1) is 0 Å². The lowest BCUT2D eigenvalue weighted by atomic mass is 10.1. The van der Waals surface area contributed by atoms with Crippen molar-refractivity contribution in [3.63, 3.8) is 0 Å². The first-order valence-electron chi connectivity index (χ1n) is 9.09. The van der Waals surface area contributed by atoms with E-state index in [1.165, 1.54) is 5.56 Å². The molecule has 4 aromatic rings. The van der Waals surface area contributed by atoms with Gasteiger partial charge in [0.05, 0.1) is 11.9 Å². The Labute approximate surface area is 163 Å². The number of hydrazine groups is 1. The summed E-state index contributed by atoms with van der Waals surface area (Å²) in [6.07, 6.45) is 10.1. The van der Waals surface area contributed by atoms with Gasteiger partial charge in [0, 0.05) is 60.5 Å². The third-order valence-corrected chi connectivity index (χ3v) is 4.69. The first-order chi connectivity index (χ1) is 13.6. The Kier molecular flexibility index (Phi) is 4.82. The van der Waals surface area contributed by atoms with Gasteiger partial charge < -0.3 is 15.7 Å². The summed E-state index contributed by atoms with van der Waals surface area (Å²) in [6.45, 7) is 0.673. The Bertz CT molecular complexity index is 1110. The molecule has 0 amide bonds. The number of H-pyrrole nitrogens is 1. The SMILES string of the molecule is Cn1cc(-c2cnc3[nH]cc(/C(N)=C/N(N)CCc4ccccc4)c3c2)cn1. The molecule has 4 rings (SSSR count). The van der Waals surface area contributed by atoms with Crippen LogP contribution in [-0.2, 0) is 13.5 Å². The molecular weight excluding hydrogens is 350 g/mol. The molecule has 3 aromatic heterocycles. The highest BCUT2D eigenvalue weighted by atomic mass is 15.4. The van der Waals surface area contributed by atoms with Gasteiger partial charge in [-0.25, -0.2) is 10.8 Å². The monoisotopic (exact) mass is 373 g/mol. The van der Waals surface area contributed by atoms with Gasteiger partial charge in [-0.05, 0) is 18.1 Å². The Balaban J connectivity index is 1.56. The summed E-state index contributed by atoms with van der Waals surface area (Å²) >= 11 is 0. The number of nitrogens with one attached hydrogen (secondary N) is 1. The van der Waals surface area contributed by atoms with Crippen molar-refractivity contribution in [2.24, 2.45) is 18.6 Å². The standard InChI is InChI=1S/C21H23N7/c1-27-13-17(11-26-27)16-9-18-19(12-25-21(18)24-10-16)20(22)14-28(23)8-7-15-5-3-2-4-6-15/h2-6,9-14H,7-8,22-23H2,1H3,(H,24,25)/b20-14-. The number of aromatic nitrogens is 4. The molecule has 0 saturated heterocycles. The smallest absolute Gasteiger partial charge is 0.137 e. The highest BCUT2D eigenvalue weighted by molar-refractivity contribution is 5.92. The third kappa shape index (κ3) is 3.74. The maximum Gasteiger partial charge on any atom is 0.137 e. The molecule has 5 N–H and O–H groups in total. The predicted octanol–water partition coefficient (Wildman–Crippen LogP) is 2.64. The average Bonchev–Trinajstić information content (AvgIpc) is 3.33. The summed E-state index contributed by atoms with van der Waals surface area (Å²) in [5, 5.41) is 6.80. The minimum Gasteiger partial charge on any atom is -0.397 e. The second-order valence-electron chi connectivity index (χ2n) is 6.78. The number of aromatic amines is 1. The van der Waals surface area contributed by atoms with Crippen molar-refractivity contribution in [3.05, 3.63) is 78.5 Å². The molecule has 7 heteroatoms. The van der Waals surface area contributed by atoms with Crippen LogP contribution in [0.1, 0.15) is 11.1 Å². The molecule has 28 heavy (non-hydrogen) atoms. The van der Waals surface area contributed by atoms with Gasteiger partial charge in [0.2, 0.25) is 0 Å². The fraction of sp³-hybridized carbons (Fsp3) is 0.143. The first kappa shape index (κ1) is 17.8. The van der Waals surface area contributed by atoms with E-state index in [0.717, 1.165) is 34.1 Å². The van der Waals surface area contributed by atoms with Gasteiger partial charge in [0.15, 0.2) is 0 Å². The van der Waals surface area contributed by atoms with Crippen LogP contribution >= 0.6 is 0 Å². The van der Waals surface area contributed by atoms with Crippen LogP contribution in [0.3, 0.4) is 0 Å². The topological polar surface area (TPSA) is 102 Å². The second-order valence-corrected chi connectivity index (χ2v) is 6.78. The van der Waals surface area contributed by atoms with Gasteiger partial charge in [0.25, 0.3) is 0 Å². The number of fused-ring (bicyclic) bond motifs is 1. The summed E-state index contributed by atoms with van der Waals surface area (Å²) in [5.41, 5.74) is 11.8. The number of nitrogens with two attached hydrogens (primary N) is 2. The van der Waals surface area contributed by atoms with Gasteiger partial charge in [0.1, 0.15) is 5.65 Å². The maximum atomic E-state index is 6.34. The van der Waals surface area contributed by atoms with E-state index in [2.05, 4.69) is 33.3 Å². The highest BCUT2D eigenvalue weighted by Crippen LogP contribution is 2.26. The molecule has 0 spiro atoms.